The third kappa shape index (κ3) is 1.64. The number of hydrogen-bond acceptors (Lipinski definition) is 1. The molecule has 1 aliphatic carbocycles. The molecule has 0 amide bonds. The van der Waals surface area contributed by atoms with Crippen LogP contribution in [0.2, 0.25) is 5.15 Å². The molecule has 2 heterocycles. The van der Waals surface area contributed by atoms with Gasteiger partial charge in [0, 0.05) is 15.6 Å². The van der Waals surface area contributed by atoms with Crippen molar-refractivity contribution in [3.8, 4) is 0 Å². The second-order valence-electron chi connectivity index (χ2n) is 4.67. The predicted octanol–water partition coefficient (Wildman–Crippen LogP) is 1.71. The summed E-state index contributed by atoms with van der Waals surface area (Å²) in [6.45, 7) is 0. The van der Waals surface area contributed by atoms with E-state index in [4.69, 9.17) is 11.6 Å². The highest BCUT2D eigenvalue weighted by Gasteiger charge is 2.66. The molecule has 1 aliphatic rings. The lowest BCUT2D eigenvalue weighted by Crippen LogP contribution is -2.56. The molecule has 0 spiro atoms. The maximum atomic E-state index is 13.2. The predicted molar refractivity (Wildman–Crippen MR) is 60.8 cm³/mol. The van der Waals surface area contributed by atoms with Crippen LogP contribution in [0.25, 0.3) is 11.0 Å². The van der Waals surface area contributed by atoms with Crippen molar-refractivity contribution in [1.29, 1.82) is 0 Å². The topological polar surface area (TPSA) is 61.0 Å². The number of aromatic nitrogens is 2. The van der Waals surface area contributed by atoms with Gasteiger partial charge in [-0.3, -0.25) is 0 Å². The van der Waals surface area contributed by atoms with Crippen molar-refractivity contribution in [2.24, 2.45) is 0 Å². The molecule has 0 radical (unpaired) electrons. The maximum absolute atomic E-state index is 13.2. The van der Waals surface area contributed by atoms with Crippen LogP contribution in [0.4, 0.5) is 18.9 Å². The Bertz CT molecular complexity index is 676. The summed E-state index contributed by atoms with van der Waals surface area (Å²) in [6, 6.07) is 1.28. The highest BCUT2D eigenvalue weighted by Crippen LogP contribution is 2.60. The van der Waals surface area contributed by atoms with Crippen LogP contribution in [-0.4, -0.2) is 11.2 Å². The fourth-order valence-electron chi connectivity index (χ4n) is 2.44. The third-order valence-electron chi connectivity index (χ3n) is 3.58. The van der Waals surface area contributed by atoms with E-state index in [-0.39, 0.29) is 34.6 Å². The molecule has 3 rings (SSSR count). The molecule has 19 heavy (non-hydrogen) atoms. The van der Waals surface area contributed by atoms with E-state index >= 15 is 0 Å². The van der Waals surface area contributed by atoms with Gasteiger partial charge in [0.25, 0.3) is 11.3 Å². The summed E-state index contributed by atoms with van der Waals surface area (Å²) in [6.07, 6.45) is -2.98. The monoisotopic (exact) mass is 291 g/mol. The Morgan fingerprint density at radius 1 is 1.42 bits per heavy atom. The van der Waals surface area contributed by atoms with Gasteiger partial charge in [0.15, 0.2) is 5.15 Å². The van der Waals surface area contributed by atoms with Crippen molar-refractivity contribution in [2.45, 2.75) is 24.4 Å². The van der Waals surface area contributed by atoms with Gasteiger partial charge in [-0.2, -0.15) is 13.2 Å². The second kappa shape index (κ2) is 3.69. The largest absolute Gasteiger partial charge is 0.398 e. The van der Waals surface area contributed by atoms with Crippen molar-refractivity contribution in [3.63, 3.8) is 0 Å². The average molecular weight is 292 g/mol. The number of H-pyrrole nitrogens is 2. The lowest BCUT2D eigenvalue weighted by Gasteiger charge is -2.17. The van der Waals surface area contributed by atoms with E-state index in [2.05, 4.69) is 9.97 Å². The molecule has 0 saturated heterocycles. The molecule has 8 heteroatoms. The summed E-state index contributed by atoms with van der Waals surface area (Å²) in [5.41, 5.74) is -1.43. The fourth-order valence-corrected chi connectivity index (χ4v) is 2.65. The molecule has 100 valence electrons. The van der Waals surface area contributed by atoms with Crippen molar-refractivity contribution < 1.29 is 23.3 Å². The summed E-state index contributed by atoms with van der Waals surface area (Å²) in [5, 5.41) is 2.03. The Labute approximate surface area is 109 Å². The van der Waals surface area contributed by atoms with Gasteiger partial charge in [-0.25, -0.2) is 9.97 Å². The lowest BCUT2D eigenvalue weighted by atomic mass is 9.95. The number of halogens is 4. The van der Waals surface area contributed by atoms with Gasteiger partial charge < -0.3 is 0 Å². The zero-order valence-electron chi connectivity index (χ0n) is 9.49. The average Bonchev–Trinajstić information content (AvgIpc) is 3.04. The summed E-state index contributed by atoms with van der Waals surface area (Å²) >= 11 is 5.75. The molecule has 0 atom stereocenters. The van der Waals surface area contributed by atoms with Gasteiger partial charge in [0.1, 0.15) is 5.39 Å². The molecule has 0 bridgehead atoms. The number of fused-ring (bicyclic) bond motifs is 1. The van der Waals surface area contributed by atoms with Crippen LogP contribution in [-0.2, 0) is 5.41 Å². The van der Waals surface area contributed by atoms with Gasteiger partial charge in [0.05, 0.1) is 17.7 Å². The molecule has 0 aliphatic heterocycles. The molecule has 0 unspecified atom stereocenters. The summed E-state index contributed by atoms with van der Waals surface area (Å²) < 4.78 is 39.5. The molecule has 1 fully saturated rings. The van der Waals surface area contributed by atoms with E-state index in [9.17, 15) is 18.1 Å². The maximum Gasteiger partial charge on any atom is 0.398 e. The molecule has 1 saturated carbocycles. The number of rotatable bonds is 2. The Hall–Kier alpha value is -1.63. The first-order chi connectivity index (χ1) is 8.89. The molecule has 4 nitrogen and oxygen atoms in total. The zero-order chi connectivity index (χ0) is 13.8. The van der Waals surface area contributed by atoms with Crippen LogP contribution in [0.1, 0.15) is 18.4 Å². The van der Waals surface area contributed by atoms with E-state index in [1.165, 1.54) is 12.3 Å². The van der Waals surface area contributed by atoms with Crippen molar-refractivity contribution in [3.05, 3.63) is 27.9 Å². The lowest BCUT2D eigenvalue weighted by molar-refractivity contribution is -0.382. The number of nitrogens with one attached hydrogen (secondary N) is 3. The van der Waals surface area contributed by atoms with Crippen LogP contribution in [0.15, 0.2) is 12.3 Å². The minimum absolute atomic E-state index is 0.0321. The summed E-state index contributed by atoms with van der Waals surface area (Å²) in [4.78, 5) is 16.3. The van der Waals surface area contributed by atoms with Gasteiger partial charge in [-0.05, 0) is 24.4 Å². The highest BCUT2D eigenvalue weighted by atomic mass is 35.5. The first-order valence-corrected chi connectivity index (χ1v) is 5.95. The van der Waals surface area contributed by atoms with Crippen molar-refractivity contribution in [2.75, 3.05) is 0 Å². The minimum atomic E-state index is -4.33. The Morgan fingerprint density at radius 2 is 2.11 bits per heavy atom. The number of pyridine rings is 1. The van der Waals surface area contributed by atoms with E-state index < -0.39 is 11.6 Å². The van der Waals surface area contributed by atoms with E-state index in [1.54, 1.807) is 5.18 Å². The first-order valence-electron chi connectivity index (χ1n) is 5.57. The van der Waals surface area contributed by atoms with Crippen LogP contribution < -0.4 is 10.2 Å². The molecule has 3 N–H and O–H groups in total. The standard InChI is InChI=1S/C11H7ClF3N3O/c12-7-3-6(18-19)8-5(4-16-9(8)17-7)10(1-2-10)11(13,14)15/h3-4H,1-2H2,(H,16,17)/p+2. The number of hydrogen-bond donors (Lipinski definition) is 2. The van der Waals surface area contributed by atoms with E-state index in [0.717, 1.165) is 0 Å². The molecule has 2 aromatic heterocycles. The fraction of sp³-hybridized carbons (Fsp3) is 0.364. The van der Waals surface area contributed by atoms with Crippen molar-refractivity contribution in [1.82, 2.24) is 4.98 Å². The van der Waals surface area contributed by atoms with Crippen LogP contribution in [0.3, 0.4) is 0 Å². The number of aromatic amines is 2. The summed E-state index contributed by atoms with van der Waals surface area (Å²) in [7, 11) is 0. The first kappa shape index (κ1) is 12.4. The highest BCUT2D eigenvalue weighted by molar-refractivity contribution is 6.28. The van der Waals surface area contributed by atoms with E-state index in [0.29, 0.717) is 5.65 Å². The Balaban J connectivity index is 2.30. The second-order valence-corrected chi connectivity index (χ2v) is 5.07. The van der Waals surface area contributed by atoms with Crippen molar-refractivity contribution >= 4 is 28.3 Å². The SMILES string of the molecule is O=[NH+]c1cc(Cl)[nH+]c2[nH]cc(C3(C(F)(F)F)CC3)c12. The molecule has 0 aromatic carbocycles. The van der Waals surface area contributed by atoms with Gasteiger partial charge in [0.2, 0.25) is 0 Å². The molecular weight excluding hydrogens is 283 g/mol. The normalized spacial score (nSPS) is 17.7. The van der Waals surface area contributed by atoms with Crippen LogP contribution >= 0.6 is 11.6 Å². The smallest absolute Gasteiger partial charge is 0.246 e. The molecular formula is C11H9ClF3N3O+2. The van der Waals surface area contributed by atoms with E-state index in [1.807, 2.05) is 0 Å². The number of alkyl halides is 3. The number of nitroso groups, excluding NO2 is 1. The third-order valence-corrected chi connectivity index (χ3v) is 3.79. The Kier molecular flexibility index (Phi) is 2.41. The quantitative estimate of drug-likeness (QED) is 0.813. The van der Waals surface area contributed by atoms with Crippen LogP contribution in [0.5, 0.6) is 0 Å². The van der Waals surface area contributed by atoms with Gasteiger partial charge in [-0.1, -0.05) is 0 Å². The summed E-state index contributed by atoms with van der Waals surface area (Å²) in [5.74, 6) is 0. The van der Waals surface area contributed by atoms with Crippen LogP contribution in [0, 0.1) is 4.91 Å². The molecule has 2 aromatic rings. The zero-order valence-corrected chi connectivity index (χ0v) is 10.2. The Morgan fingerprint density at radius 3 is 2.63 bits per heavy atom. The minimum Gasteiger partial charge on any atom is -0.246 e. The van der Waals surface area contributed by atoms with Gasteiger partial charge in [-0.15, -0.1) is 0 Å². The van der Waals surface area contributed by atoms with Gasteiger partial charge >= 0.3 is 6.18 Å².